The van der Waals surface area contributed by atoms with Gasteiger partial charge < -0.3 is 5.32 Å². The van der Waals surface area contributed by atoms with Crippen LogP contribution in [0.1, 0.15) is 36.0 Å². The second-order valence-corrected chi connectivity index (χ2v) is 11.3. The number of carbonyl (C=O) groups is 1. The van der Waals surface area contributed by atoms with Crippen LogP contribution in [0.3, 0.4) is 0 Å². The summed E-state index contributed by atoms with van der Waals surface area (Å²) in [6.07, 6.45) is 3.85. The molecule has 4 nitrogen and oxygen atoms in total. The van der Waals surface area contributed by atoms with Crippen molar-refractivity contribution in [3.63, 3.8) is 0 Å². The number of anilines is 1. The minimum absolute atomic E-state index is 0.0272. The van der Waals surface area contributed by atoms with Crippen LogP contribution in [0.5, 0.6) is 0 Å². The van der Waals surface area contributed by atoms with Crippen LogP contribution in [0.2, 0.25) is 5.02 Å². The summed E-state index contributed by atoms with van der Waals surface area (Å²) in [6.45, 7) is 0. The van der Waals surface area contributed by atoms with Gasteiger partial charge in [-0.25, -0.2) is 21.6 Å². The Morgan fingerprint density at radius 3 is 2.32 bits per heavy atom. The van der Waals surface area contributed by atoms with Crippen LogP contribution in [-0.2, 0) is 9.84 Å². The molecule has 4 aliphatic rings. The Hall–Kier alpha value is -2.06. The van der Waals surface area contributed by atoms with Crippen molar-refractivity contribution in [3.8, 4) is 0 Å². The molecule has 2 unspecified atom stereocenters. The maximum atomic E-state index is 13.5. The largest absolute Gasteiger partial charge is 0.322 e. The van der Waals surface area contributed by atoms with Crippen LogP contribution in [0, 0.1) is 41.1 Å². The van der Waals surface area contributed by atoms with Crippen molar-refractivity contribution in [1.82, 2.24) is 0 Å². The molecule has 4 saturated carbocycles. The van der Waals surface area contributed by atoms with Crippen LogP contribution < -0.4 is 5.32 Å². The monoisotopic (exact) mass is 469 g/mol. The predicted molar refractivity (Wildman–Crippen MR) is 109 cm³/mol. The second-order valence-electron chi connectivity index (χ2n) is 8.86. The Kier molecular flexibility index (Phi) is 4.86. The Bertz CT molecular complexity index is 1180. The van der Waals surface area contributed by atoms with Crippen molar-refractivity contribution in [1.29, 1.82) is 0 Å². The Balaban J connectivity index is 1.45. The van der Waals surface area contributed by atoms with Crippen molar-refractivity contribution >= 4 is 33.0 Å². The molecule has 164 valence electrons. The molecule has 0 saturated heterocycles. The molecule has 6 rings (SSSR count). The predicted octanol–water partition coefficient (Wildman–Crippen LogP) is 5.22. The van der Waals surface area contributed by atoms with E-state index < -0.39 is 38.4 Å². The molecule has 1 amide bonds. The lowest BCUT2D eigenvalue weighted by Crippen LogP contribution is -2.35. The minimum Gasteiger partial charge on any atom is -0.322 e. The third-order valence-corrected chi connectivity index (χ3v) is 9.92. The average Bonchev–Trinajstić information content (AvgIpc) is 3.13. The number of sulfone groups is 1. The molecule has 0 radical (unpaired) electrons. The highest BCUT2D eigenvalue weighted by atomic mass is 35.5. The van der Waals surface area contributed by atoms with E-state index in [4.69, 9.17) is 11.6 Å². The zero-order valence-corrected chi connectivity index (χ0v) is 17.8. The fourth-order valence-electron chi connectivity index (χ4n) is 6.00. The lowest BCUT2D eigenvalue weighted by molar-refractivity contribution is 0.102. The third-order valence-electron chi connectivity index (χ3n) is 7.08. The lowest BCUT2D eigenvalue weighted by Gasteiger charge is -2.32. The van der Waals surface area contributed by atoms with Crippen molar-refractivity contribution < 1.29 is 26.4 Å². The first-order valence-corrected chi connectivity index (χ1v) is 12.1. The first-order valence-electron chi connectivity index (χ1n) is 10.1. The van der Waals surface area contributed by atoms with E-state index in [0.717, 1.165) is 25.7 Å². The van der Waals surface area contributed by atoms with E-state index in [1.54, 1.807) is 0 Å². The van der Waals surface area contributed by atoms with Crippen LogP contribution in [0.25, 0.3) is 0 Å². The topological polar surface area (TPSA) is 63.2 Å². The molecule has 9 heteroatoms. The van der Waals surface area contributed by atoms with Crippen molar-refractivity contribution in [2.45, 2.75) is 35.8 Å². The number of hydrogen-bond donors (Lipinski definition) is 1. The molecule has 5 atom stereocenters. The molecule has 4 fully saturated rings. The number of nitrogens with one attached hydrogen (secondary N) is 1. The molecule has 0 aromatic heterocycles. The average molecular weight is 470 g/mol. The molecule has 0 spiro atoms. The van der Waals surface area contributed by atoms with E-state index in [2.05, 4.69) is 5.32 Å². The highest BCUT2D eigenvalue weighted by molar-refractivity contribution is 7.92. The van der Waals surface area contributed by atoms with E-state index >= 15 is 0 Å². The van der Waals surface area contributed by atoms with Gasteiger partial charge in [-0.05, 0) is 67.6 Å². The van der Waals surface area contributed by atoms with Crippen LogP contribution in [0.4, 0.5) is 18.9 Å². The van der Waals surface area contributed by atoms with Gasteiger partial charge in [0.05, 0.1) is 15.2 Å². The van der Waals surface area contributed by atoms with E-state index in [1.807, 2.05) is 0 Å². The zero-order valence-electron chi connectivity index (χ0n) is 16.2. The smallest absolute Gasteiger partial charge is 0.255 e. The van der Waals surface area contributed by atoms with E-state index in [0.29, 0.717) is 24.0 Å². The first-order chi connectivity index (χ1) is 14.6. The standard InChI is InChI=1S/C22H19ClF3NO3S/c23-16-2-1-11(22(28)27-14-8-17(24)20(26)18(25)9-14)7-19(16)31(29,30)21-13-4-10-3-12(6-13)15(21)5-10/h1-2,7-10,12-13,15,21H,3-6H2,(H,27,28)/t10-,12+,13?,15?,21-/m1/s1. The molecular weight excluding hydrogens is 451 g/mol. The second kappa shape index (κ2) is 7.24. The van der Waals surface area contributed by atoms with Crippen molar-refractivity contribution in [2.75, 3.05) is 5.32 Å². The van der Waals surface area contributed by atoms with Crippen LogP contribution in [-0.4, -0.2) is 19.6 Å². The Labute approximate surface area is 182 Å². The van der Waals surface area contributed by atoms with E-state index in [1.165, 1.54) is 18.2 Å². The molecule has 0 aliphatic heterocycles. The van der Waals surface area contributed by atoms with Gasteiger partial charge in [0.25, 0.3) is 5.91 Å². The quantitative estimate of drug-likeness (QED) is 0.624. The summed E-state index contributed by atoms with van der Waals surface area (Å²) in [4.78, 5) is 12.5. The maximum absolute atomic E-state index is 13.5. The number of benzene rings is 2. The summed E-state index contributed by atoms with van der Waals surface area (Å²) in [5, 5.41) is 1.81. The summed E-state index contributed by atoms with van der Waals surface area (Å²) in [6, 6.07) is 5.17. The van der Waals surface area contributed by atoms with Gasteiger partial charge in [0, 0.05) is 23.4 Å². The number of amides is 1. The van der Waals surface area contributed by atoms with Gasteiger partial charge in [-0.1, -0.05) is 11.6 Å². The van der Waals surface area contributed by atoms with Gasteiger partial charge in [0.1, 0.15) is 0 Å². The fraction of sp³-hybridized carbons (Fsp3) is 0.409. The number of hydrogen-bond acceptors (Lipinski definition) is 3. The van der Waals surface area contributed by atoms with E-state index in [9.17, 15) is 26.4 Å². The summed E-state index contributed by atoms with van der Waals surface area (Å²) >= 11 is 6.23. The number of rotatable bonds is 4. The summed E-state index contributed by atoms with van der Waals surface area (Å²) in [7, 11) is -3.76. The Morgan fingerprint density at radius 2 is 1.65 bits per heavy atom. The van der Waals surface area contributed by atoms with Gasteiger partial charge in [-0.15, -0.1) is 0 Å². The normalized spacial score (nSPS) is 28.8. The van der Waals surface area contributed by atoms with Crippen LogP contribution >= 0.6 is 11.6 Å². The van der Waals surface area contributed by atoms with Crippen molar-refractivity contribution in [2.24, 2.45) is 23.7 Å². The molecule has 1 N–H and O–H groups in total. The molecule has 2 aromatic rings. The first kappa shape index (κ1) is 20.8. The molecule has 4 bridgehead atoms. The van der Waals surface area contributed by atoms with Gasteiger partial charge in [-0.2, -0.15) is 0 Å². The van der Waals surface area contributed by atoms with Gasteiger partial charge in [-0.3, -0.25) is 4.79 Å². The minimum atomic E-state index is -3.76. The molecular formula is C22H19ClF3NO3S. The lowest BCUT2D eigenvalue weighted by atomic mass is 9.82. The Morgan fingerprint density at radius 1 is 0.968 bits per heavy atom. The van der Waals surface area contributed by atoms with Gasteiger partial charge >= 0.3 is 0 Å². The molecule has 31 heavy (non-hydrogen) atoms. The number of halogens is 4. The third kappa shape index (κ3) is 3.35. The summed E-state index contributed by atoms with van der Waals surface area (Å²) in [5.74, 6) is -4.01. The summed E-state index contributed by atoms with van der Waals surface area (Å²) in [5.41, 5.74) is -0.313. The van der Waals surface area contributed by atoms with Gasteiger partial charge in [0.15, 0.2) is 27.3 Å². The van der Waals surface area contributed by atoms with Crippen LogP contribution in [0.15, 0.2) is 35.2 Å². The highest BCUT2D eigenvalue weighted by Crippen LogP contribution is 2.60. The molecule has 0 heterocycles. The SMILES string of the molecule is O=C(Nc1cc(F)c(F)c(F)c1)c1ccc(Cl)c(S(=O)(=O)[C@@H]2C3C[C@@H]4CC2[C@H](C3)C4)c1. The highest BCUT2D eigenvalue weighted by Gasteiger charge is 2.58. The van der Waals surface area contributed by atoms with E-state index in [-0.39, 0.29) is 33.0 Å². The van der Waals surface area contributed by atoms with Gasteiger partial charge in [0.2, 0.25) is 0 Å². The van der Waals surface area contributed by atoms with Crippen molar-refractivity contribution in [3.05, 3.63) is 58.4 Å². The zero-order chi connectivity index (χ0) is 22.1. The number of carbonyl (C=O) groups excluding carboxylic acids is 1. The summed E-state index contributed by atoms with van der Waals surface area (Å²) < 4.78 is 67.0. The molecule has 2 aromatic carbocycles. The fourth-order valence-corrected chi connectivity index (χ4v) is 8.88. The molecule has 4 aliphatic carbocycles. The maximum Gasteiger partial charge on any atom is 0.255 e.